The highest BCUT2D eigenvalue weighted by Gasteiger charge is 2.08. The third kappa shape index (κ3) is 4.11. The molecule has 0 radical (unpaired) electrons. The largest absolute Gasteiger partial charge is 0.419 e. The number of benzene rings is 1. The molecule has 0 amide bonds. The number of nitrogens with zero attached hydrogens (tertiary/aromatic N) is 3. The SMILES string of the molecule is CN(C)CCNCc1nnc(-c2ccc(F)cc2)o1. The second kappa shape index (κ2) is 6.40. The fourth-order valence-corrected chi connectivity index (χ4v) is 1.53. The predicted octanol–water partition coefficient (Wildman–Crippen LogP) is 1.53. The van der Waals surface area contributed by atoms with Crippen molar-refractivity contribution in [2.45, 2.75) is 6.54 Å². The van der Waals surface area contributed by atoms with Gasteiger partial charge in [0.25, 0.3) is 0 Å². The summed E-state index contributed by atoms with van der Waals surface area (Å²) in [5.74, 6) is 0.649. The van der Waals surface area contributed by atoms with Gasteiger partial charge in [-0.1, -0.05) is 0 Å². The second-order valence-corrected chi connectivity index (χ2v) is 4.49. The van der Waals surface area contributed by atoms with Gasteiger partial charge < -0.3 is 14.6 Å². The quantitative estimate of drug-likeness (QED) is 0.802. The summed E-state index contributed by atoms with van der Waals surface area (Å²) >= 11 is 0. The van der Waals surface area contributed by atoms with Gasteiger partial charge in [-0.2, -0.15) is 0 Å². The zero-order valence-electron chi connectivity index (χ0n) is 11.1. The van der Waals surface area contributed by atoms with Gasteiger partial charge in [0, 0.05) is 18.7 Å². The molecular weight excluding hydrogens is 247 g/mol. The molecule has 2 aromatic rings. The molecule has 0 bridgehead atoms. The van der Waals surface area contributed by atoms with E-state index >= 15 is 0 Å². The van der Waals surface area contributed by atoms with Gasteiger partial charge in [0.05, 0.1) is 6.54 Å². The van der Waals surface area contributed by atoms with Crippen LogP contribution in [0.2, 0.25) is 0 Å². The minimum atomic E-state index is -0.283. The number of halogens is 1. The summed E-state index contributed by atoms with van der Waals surface area (Å²) in [7, 11) is 4.03. The smallest absolute Gasteiger partial charge is 0.247 e. The Hall–Kier alpha value is -1.79. The van der Waals surface area contributed by atoms with E-state index in [9.17, 15) is 4.39 Å². The van der Waals surface area contributed by atoms with Crippen molar-refractivity contribution < 1.29 is 8.81 Å². The summed E-state index contributed by atoms with van der Waals surface area (Å²) in [6.45, 7) is 2.32. The molecule has 0 saturated carbocycles. The molecule has 1 N–H and O–H groups in total. The minimum Gasteiger partial charge on any atom is -0.419 e. The number of nitrogens with one attached hydrogen (secondary N) is 1. The van der Waals surface area contributed by atoms with Crippen LogP contribution in [0, 0.1) is 5.82 Å². The Labute approximate surface area is 111 Å². The summed E-state index contributed by atoms with van der Waals surface area (Å²) in [5.41, 5.74) is 0.716. The van der Waals surface area contributed by atoms with E-state index in [1.54, 1.807) is 12.1 Å². The van der Waals surface area contributed by atoms with E-state index in [2.05, 4.69) is 20.4 Å². The van der Waals surface area contributed by atoms with E-state index in [1.165, 1.54) is 12.1 Å². The molecule has 1 aromatic carbocycles. The van der Waals surface area contributed by atoms with Gasteiger partial charge in [-0.3, -0.25) is 0 Å². The lowest BCUT2D eigenvalue weighted by Gasteiger charge is -2.08. The lowest BCUT2D eigenvalue weighted by Crippen LogP contribution is -2.26. The van der Waals surface area contributed by atoms with E-state index in [4.69, 9.17) is 4.42 Å². The van der Waals surface area contributed by atoms with Crippen molar-refractivity contribution in [3.05, 3.63) is 36.0 Å². The molecule has 0 aliphatic heterocycles. The molecule has 1 aromatic heterocycles. The van der Waals surface area contributed by atoms with Gasteiger partial charge in [-0.25, -0.2) is 4.39 Å². The van der Waals surface area contributed by atoms with Crippen LogP contribution in [0.4, 0.5) is 4.39 Å². The van der Waals surface area contributed by atoms with Crippen molar-refractivity contribution in [3.8, 4) is 11.5 Å². The Morgan fingerprint density at radius 1 is 1.21 bits per heavy atom. The van der Waals surface area contributed by atoms with Gasteiger partial charge >= 0.3 is 0 Å². The second-order valence-electron chi connectivity index (χ2n) is 4.49. The van der Waals surface area contributed by atoms with Crippen molar-refractivity contribution in [1.82, 2.24) is 20.4 Å². The number of aromatic nitrogens is 2. The molecule has 102 valence electrons. The van der Waals surface area contributed by atoms with Crippen molar-refractivity contribution in [3.63, 3.8) is 0 Å². The standard InChI is InChI=1S/C13H17FN4O/c1-18(2)8-7-15-9-12-16-17-13(19-12)10-3-5-11(14)6-4-10/h3-6,15H,7-9H2,1-2H3. The molecule has 0 aliphatic rings. The summed E-state index contributed by atoms with van der Waals surface area (Å²) in [6, 6.07) is 5.97. The van der Waals surface area contributed by atoms with Gasteiger partial charge in [-0.15, -0.1) is 10.2 Å². The molecule has 6 heteroatoms. The predicted molar refractivity (Wildman–Crippen MR) is 70.0 cm³/mol. The summed E-state index contributed by atoms with van der Waals surface area (Å²) < 4.78 is 18.3. The Bertz CT molecular complexity index is 510. The molecule has 0 saturated heterocycles. The highest BCUT2D eigenvalue weighted by molar-refractivity contribution is 5.51. The van der Waals surface area contributed by atoms with Crippen LogP contribution in [-0.2, 0) is 6.54 Å². The summed E-state index contributed by atoms with van der Waals surface area (Å²) in [6.07, 6.45) is 0. The average molecular weight is 264 g/mol. The lowest BCUT2D eigenvalue weighted by molar-refractivity contribution is 0.390. The zero-order valence-corrected chi connectivity index (χ0v) is 11.1. The number of hydrogen-bond acceptors (Lipinski definition) is 5. The van der Waals surface area contributed by atoms with Crippen LogP contribution in [0.1, 0.15) is 5.89 Å². The van der Waals surface area contributed by atoms with Gasteiger partial charge in [0.2, 0.25) is 11.8 Å². The van der Waals surface area contributed by atoms with E-state index in [-0.39, 0.29) is 5.82 Å². The lowest BCUT2D eigenvalue weighted by atomic mass is 10.2. The molecule has 19 heavy (non-hydrogen) atoms. The Morgan fingerprint density at radius 3 is 2.63 bits per heavy atom. The van der Waals surface area contributed by atoms with Crippen molar-refractivity contribution in [1.29, 1.82) is 0 Å². The first-order chi connectivity index (χ1) is 9.15. The fraction of sp³-hybridized carbons (Fsp3) is 0.385. The maximum Gasteiger partial charge on any atom is 0.247 e. The maximum atomic E-state index is 12.8. The Morgan fingerprint density at radius 2 is 1.95 bits per heavy atom. The van der Waals surface area contributed by atoms with Crippen LogP contribution in [0.5, 0.6) is 0 Å². The zero-order chi connectivity index (χ0) is 13.7. The van der Waals surface area contributed by atoms with Crippen LogP contribution in [0.15, 0.2) is 28.7 Å². The number of hydrogen-bond donors (Lipinski definition) is 1. The average Bonchev–Trinajstić information content (AvgIpc) is 2.84. The molecule has 0 fully saturated rings. The first-order valence-electron chi connectivity index (χ1n) is 6.09. The van der Waals surface area contributed by atoms with E-state index < -0.39 is 0 Å². The number of rotatable bonds is 6. The summed E-state index contributed by atoms with van der Waals surface area (Å²) in [4.78, 5) is 2.09. The van der Waals surface area contributed by atoms with Crippen LogP contribution >= 0.6 is 0 Å². The highest BCUT2D eigenvalue weighted by atomic mass is 19.1. The summed E-state index contributed by atoms with van der Waals surface area (Å²) in [5, 5.41) is 11.1. The van der Waals surface area contributed by atoms with Crippen LogP contribution in [0.25, 0.3) is 11.5 Å². The van der Waals surface area contributed by atoms with Crippen molar-refractivity contribution >= 4 is 0 Å². The Kier molecular flexibility index (Phi) is 4.59. The molecule has 0 unspecified atom stereocenters. The molecule has 0 spiro atoms. The minimum absolute atomic E-state index is 0.283. The highest BCUT2D eigenvalue weighted by Crippen LogP contribution is 2.17. The number of likely N-dealkylation sites (N-methyl/N-ethyl adjacent to an activating group) is 1. The van der Waals surface area contributed by atoms with Crippen molar-refractivity contribution in [2.24, 2.45) is 0 Å². The van der Waals surface area contributed by atoms with Gasteiger partial charge in [0.1, 0.15) is 5.82 Å². The fourth-order valence-electron chi connectivity index (χ4n) is 1.53. The van der Waals surface area contributed by atoms with Crippen LogP contribution in [-0.4, -0.2) is 42.3 Å². The van der Waals surface area contributed by atoms with Gasteiger partial charge in [-0.05, 0) is 38.4 Å². The molecule has 0 aliphatic carbocycles. The van der Waals surface area contributed by atoms with Crippen molar-refractivity contribution in [2.75, 3.05) is 27.2 Å². The van der Waals surface area contributed by atoms with Crippen LogP contribution in [0.3, 0.4) is 0 Å². The van der Waals surface area contributed by atoms with Gasteiger partial charge in [0.15, 0.2) is 0 Å². The first-order valence-corrected chi connectivity index (χ1v) is 6.09. The van der Waals surface area contributed by atoms with Crippen LogP contribution < -0.4 is 5.32 Å². The molecule has 2 rings (SSSR count). The van der Waals surface area contributed by atoms with E-state index in [0.29, 0.717) is 23.9 Å². The first kappa shape index (κ1) is 13.6. The maximum absolute atomic E-state index is 12.8. The van der Waals surface area contributed by atoms with E-state index in [1.807, 2.05) is 14.1 Å². The van der Waals surface area contributed by atoms with E-state index in [0.717, 1.165) is 13.1 Å². The normalized spacial score (nSPS) is 11.2. The third-order valence-electron chi connectivity index (χ3n) is 2.57. The molecule has 5 nitrogen and oxygen atoms in total. The Balaban J connectivity index is 1.90. The molecule has 1 heterocycles. The third-order valence-corrected chi connectivity index (χ3v) is 2.57. The molecular formula is C13H17FN4O. The topological polar surface area (TPSA) is 54.2 Å². The monoisotopic (exact) mass is 264 g/mol. The molecule has 0 atom stereocenters.